The number of hydrogen-bond donors (Lipinski definition) is 0. The first-order chi connectivity index (χ1) is 52.8. The summed E-state index contributed by atoms with van der Waals surface area (Å²) in [5.74, 6) is 12.2. The van der Waals surface area contributed by atoms with Crippen molar-refractivity contribution in [3.8, 4) is 0 Å². The molecule has 0 radical (unpaired) electrons. The van der Waals surface area contributed by atoms with Gasteiger partial charge < -0.3 is 37.9 Å². The van der Waals surface area contributed by atoms with E-state index in [4.69, 9.17) is 37.9 Å². The normalized spacial score (nSPS) is 32.4. The summed E-state index contributed by atoms with van der Waals surface area (Å²) in [7, 11) is 0. The zero-order valence-corrected chi connectivity index (χ0v) is 78.4. The van der Waals surface area contributed by atoms with Gasteiger partial charge in [0.25, 0.3) is 0 Å². The highest BCUT2D eigenvalue weighted by Crippen LogP contribution is 2.74. The molecule has 15 fully saturated rings. The molecule has 126 heavy (non-hydrogen) atoms. The van der Waals surface area contributed by atoms with Gasteiger partial charge in [-0.3, -0.25) is 28.8 Å². The van der Waals surface area contributed by atoms with Crippen LogP contribution in [0, 0.1) is 132 Å². The van der Waals surface area contributed by atoms with Gasteiger partial charge in [0.2, 0.25) is 6.29 Å². The molecule has 17 unspecified atom stereocenters. The second kappa shape index (κ2) is 49.3. The lowest BCUT2D eigenvalue weighted by Crippen LogP contribution is -2.53. The number of hydrogen-bond acceptors (Lipinski definition) is 14. The maximum atomic E-state index is 12.7. The highest BCUT2D eigenvalue weighted by molar-refractivity contribution is 5.78. The first-order valence-corrected chi connectivity index (χ1v) is 47.5. The molecule has 0 saturated heterocycles. The first kappa shape index (κ1) is 129. The molecule has 15 saturated carbocycles. The summed E-state index contributed by atoms with van der Waals surface area (Å²) in [6.45, 7) is 57.5. The topological polar surface area (TPSA) is 176 Å². The molecular formula is C112H220O14. The van der Waals surface area contributed by atoms with Crippen LogP contribution >= 0.6 is 0 Å². The van der Waals surface area contributed by atoms with Gasteiger partial charge in [0, 0.05) is 11.8 Å². The summed E-state index contributed by atoms with van der Waals surface area (Å²) in [5, 5.41) is 0. The van der Waals surface area contributed by atoms with Gasteiger partial charge in [0.15, 0.2) is 6.29 Å². The smallest absolute Gasteiger partial charge is 0.313 e. The Hall–Kier alpha value is -3.26. The third kappa shape index (κ3) is 28.9. The summed E-state index contributed by atoms with van der Waals surface area (Å²) in [6.07, 6.45) is 41.0. The van der Waals surface area contributed by atoms with Crippen molar-refractivity contribution >= 4 is 35.8 Å². The van der Waals surface area contributed by atoms with Crippen molar-refractivity contribution in [2.75, 3.05) is 0 Å². The van der Waals surface area contributed by atoms with E-state index in [1.165, 1.54) is 154 Å². The van der Waals surface area contributed by atoms with Crippen LogP contribution in [0.3, 0.4) is 0 Å². The molecular weight excluding hydrogens is 1570 g/mol. The monoisotopic (exact) mass is 1790 g/mol. The fourth-order valence-corrected chi connectivity index (χ4v) is 25.2. The van der Waals surface area contributed by atoms with Crippen molar-refractivity contribution in [1.29, 1.82) is 0 Å². The van der Waals surface area contributed by atoms with Gasteiger partial charge in [0.05, 0.1) is 44.2 Å². The molecule has 0 amide bonds. The standard InChI is InChI=1S/C21H36O2.C20H32O3.C18H30O3.C16H28O2.C13H24O2.C12H22O2.12CH4/c1-8-18(3,4)17(22)23-20(7)11-12-21-13-16(20)19(5,6)15(21)10-9-14(21)2;1-5-20(3,4)19(21)23-11(2)22-16-10-14-9-15(16)18-13-7-6-12(8-13)17(14)18;1-5-17(3,4)16(19)20-12(2)21-18-9-13-6-14(10-18)8-15(7-13)11-18;1-6-15(2,3)14(17)18-16(4,5)13-10-11-7-8-12(13)9-11;1-5-12(2,3)11(14)15-13(4)9-7-6-8-10-13;1-5-11(2,3)10(13)14-12(4)8-6-7-9-12;;;;;;;;;;;;/h14-16H,8-13H2,1-7H3;11-18H,5-10H2,1-4H3;12-15H,5-11H2,1-4H3;11-13H,6-10H2,1-5H3;5-10H2,1-4H3;5-9H2,1-4H3;12*1H4. The summed E-state index contributed by atoms with van der Waals surface area (Å²) in [6, 6.07) is 0. The zero-order chi connectivity index (χ0) is 84.8. The molecule has 17 atom stereocenters. The van der Waals surface area contributed by atoms with Crippen LogP contribution in [-0.2, 0) is 66.7 Å². The average molecular weight is 1790 g/mol. The Kier molecular flexibility index (Phi) is 50.5. The van der Waals surface area contributed by atoms with Gasteiger partial charge in [0.1, 0.15) is 22.4 Å². The highest BCUT2D eigenvalue weighted by atomic mass is 16.7. The Labute approximate surface area is 784 Å². The van der Waals surface area contributed by atoms with Crippen LogP contribution < -0.4 is 0 Å². The van der Waals surface area contributed by atoms with Crippen LogP contribution in [0.4, 0.5) is 0 Å². The molecule has 0 aromatic rings. The van der Waals surface area contributed by atoms with Crippen molar-refractivity contribution in [1.82, 2.24) is 0 Å². The van der Waals surface area contributed by atoms with Crippen LogP contribution in [0.25, 0.3) is 0 Å². The van der Waals surface area contributed by atoms with E-state index in [1.807, 2.05) is 132 Å². The van der Waals surface area contributed by atoms with E-state index in [1.54, 1.807) is 0 Å². The molecule has 752 valence electrons. The van der Waals surface area contributed by atoms with Crippen molar-refractivity contribution in [3.05, 3.63) is 0 Å². The minimum Gasteiger partial charge on any atom is -0.459 e. The Bertz CT molecular complexity index is 3210. The number of rotatable bonds is 23. The van der Waals surface area contributed by atoms with Crippen molar-refractivity contribution < 1.29 is 66.7 Å². The largest absolute Gasteiger partial charge is 0.459 e. The van der Waals surface area contributed by atoms with Gasteiger partial charge in [-0.15, -0.1) is 0 Å². The summed E-state index contributed by atoms with van der Waals surface area (Å²) >= 11 is 0. The SMILES string of the molecule is C.C.C.C.C.C.C.C.C.C.C.C.CCC(C)(C)C(=O)OC(C)(C)C1CC2CCC1C2.CCC(C)(C)C(=O)OC(C)OC12CC3CC(CC(C3)C1)C2.CCC(C)(C)C(=O)OC(C)OC1CC2CC1C1C3CCC(C3)C21.CCC(C)(C)C(=O)OC1(C)CCC23CC1C(C)(C)C2CCC3C.CCC(C)(C)C(=O)OC1(C)CCCC1.CCC(C)(C)C(=O)OC1(C)CCCCC1. The first-order valence-electron chi connectivity index (χ1n) is 47.5. The fraction of sp³-hybridized carbons (Fsp3) is 0.946. The lowest BCUT2D eigenvalue weighted by molar-refractivity contribution is -0.248. The highest BCUT2D eigenvalue weighted by Gasteiger charge is 2.70. The Balaban J connectivity index is -0.000000702. The van der Waals surface area contributed by atoms with Crippen LogP contribution in [-0.4, -0.2) is 82.5 Å². The van der Waals surface area contributed by atoms with Gasteiger partial charge in [-0.05, 0) is 431 Å². The third-order valence-electron chi connectivity index (χ3n) is 34.9. The van der Waals surface area contributed by atoms with Crippen molar-refractivity contribution in [3.63, 3.8) is 0 Å². The van der Waals surface area contributed by atoms with Crippen LogP contribution in [0.15, 0.2) is 0 Å². The van der Waals surface area contributed by atoms with Gasteiger partial charge in [-0.1, -0.05) is 164 Å². The molecule has 15 aliphatic carbocycles. The molecule has 0 heterocycles. The lowest BCUT2D eigenvalue weighted by Gasteiger charge is -2.56. The quantitative estimate of drug-likeness (QED) is 0.0409. The molecule has 15 aliphatic rings. The number of esters is 6. The molecule has 15 rings (SSSR count). The maximum Gasteiger partial charge on any atom is 0.313 e. The lowest BCUT2D eigenvalue weighted by atomic mass is 9.54. The average Bonchev–Trinajstić information content (AvgIpc) is 1.53. The van der Waals surface area contributed by atoms with E-state index in [9.17, 15) is 28.8 Å². The molecule has 1 spiro atoms. The molecule has 12 bridgehead atoms. The van der Waals surface area contributed by atoms with E-state index in [-0.39, 0.29) is 180 Å². The Morgan fingerprint density at radius 2 is 0.746 bits per heavy atom. The van der Waals surface area contributed by atoms with Gasteiger partial charge in [-0.2, -0.15) is 0 Å². The number of carbonyl (C=O) groups is 6. The van der Waals surface area contributed by atoms with Gasteiger partial charge in [-0.25, -0.2) is 0 Å². The molecule has 0 aromatic heterocycles. The molecule has 0 N–H and O–H groups in total. The maximum absolute atomic E-state index is 12.7. The van der Waals surface area contributed by atoms with E-state index in [2.05, 4.69) is 62.3 Å². The minimum atomic E-state index is -0.418. The summed E-state index contributed by atoms with van der Waals surface area (Å²) in [4.78, 5) is 73.2. The predicted molar refractivity (Wildman–Crippen MR) is 537 cm³/mol. The van der Waals surface area contributed by atoms with Crippen molar-refractivity contribution in [2.45, 2.75) is 554 Å². The number of ether oxygens (including phenoxy) is 8. The molecule has 14 nitrogen and oxygen atoms in total. The van der Waals surface area contributed by atoms with Gasteiger partial charge >= 0.3 is 35.8 Å². The van der Waals surface area contributed by atoms with Crippen LogP contribution in [0.2, 0.25) is 0 Å². The second-order valence-electron chi connectivity index (χ2n) is 46.4. The fourth-order valence-electron chi connectivity index (χ4n) is 25.2. The summed E-state index contributed by atoms with van der Waals surface area (Å²) < 4.78 is 47.2. The summed E-state index contributed by atoms with van der Waals surface area (Å²) in [5.41, 5.74) is -2.33. The Morgan fingerprint density at radius 1 is 0.357 bits per heavy atom. The molecule has 0 aromatic carbocycles. The molecule has 14 heteroatoms. The van der Waals surface area contributed by atoms with Crippen LogP contribution in [0.1, 0.15) is 508 Å². The van der Waals surface area contributed by atoms with E-state index >= 15 is 0 Å². The number of fused-ring (bicyclic) bond motifs is 12. The Morgan fingerprint density at radius 3 is 1.16 bits per heavy atom. The van der Waals surface area contributed by atoms with E-state index in [0.717, 1.165) is 148 Å². The number of carbonyl (C=O) groups excluding carboxylic acids is 6. The van der Waals surface area contributed by atoms with Crippen LogP contribution in [0.5, 0.6) is 0 Å². The molecule has 0 aliphatic heterocycles. The predicted octanol–water partition coefficient (Wildman–Crippen LogP) is 33.1. The third-order valence-corrected chi connectivity index (χ3v) is 34.9. The minimum absolute atomic E-state index is 0. The van der Waals surface area contributed by atoms with Crippen molar-refractivity contribution in [2.24, 2.45) is 132 Å². The van der Waals surface area contributed by atoms with E-state index in [0.29, 0.717) is 23.4 Å². The second-order valence-corrected chi connectivity index (χ2v) is 46.4. The zero-order valence-electron chi connectivity index (χ0n) is 78.4. The van der Waals surface area contributed by atoms with E-state index < -0.39 is 23.4 Å².